The van der Waals surface area contributed by atoms with E-state index in [0.29, 0.717) is 22.9 Å². The third-order valence-electron chi connectivity index (χ3n) is 2.89. The number of hydrogen-bond donors (Lipinski definition) is 3. The molecule has 1 rings (SSSR count). The lowest BCUT2D eigenvalue weighted by atomic mass is 10.0. The zero-order valence-electron chi connectivity index (χ0n) is 14.7. The van der Waals surface area contributed by atoms with Crippen molar-refractivity contribution in [1.82, 2.24) is 5.32 Å². The molecule has 0 aliphatic heterocycles. The summed E-state index contributed by atoms with van der Waals surface area (Å²) in [7, 11) is 3.07. The van der Waals surface area contributed by atoms with E-state index in [1.54, 1.807) is 22.9 Å². The van der Waals surface area contributed by atoms with Gasteiger partial charge in [0.25, 0.3) is 5.91 Å². The van der Waals surface area contributed by atoms with Gasteiger partial charge in [-0.25, -0.2) is 4.79 Å². The number of aryl methyl sites for hydroxylation is 1. The molecule has 0 fully saturated rings. The van der Waals surface area contributed by atoms with Crippen LogP contribution < -0.4 is 5.32 Å². The lowest BCUT2D eigenvalue weighted by Crippen LogP contribution is -2.26. The van der Waals surface area contributed by atoms with E-state index in [1.807, 2.05) is 13.0 Å². The fraction of sp³-hybridized carbons (Fsp3) is 0.438. The fourth-order valence-corrected chi connectivity index (χ4v) is 3.71. The molecular formula is C16H19ClF3NO5S2. The van der Waals surface area contributed by atoms with Gasteiger partial charge in [-0.3, -0.25) is 9.59 Å². The van der Waals surface area contributed by atoms with Gasteiger partial charge < -0.3 is 15.5 Å². The number of nitrogens with one attached hydrogen (secondary N) is 1. The number of alkyl halides is 3. The number of hydrogen-bond acceptors (Lipinski definition) is 5. The monoisotopic (exact) mass is 461 g/mol. The maximum atomic E-state index is 12.1. The number of halogens is 4. The predicted octanol–water partition coefficient (Wildman–Crippen LogP) is 4.12. The molecule has 0 atom stereocenters. The van der Waals surface area contributed by atoms with Crippen molar-refractivity contribution in [2.24, 2.45) is 0 Å². The first-order valence-electron chi connectivity index (χ1n) is 7.82. The second-order valence-corrected chi connectivity index (χ2v) is 8.14. The van der Waals surface area contributed by atoms with E-state index in [9.17, 15) is 22.8 Å². The van der Waals surface area contributed by atoms with Crippen LogP contribution in [-0.2, 0) is 16.0 Å². The van der Waals surface area contributed by atoms with Crippen LogP contribution in [0.1, 0.15) is 29.3 Å². The summed E-state index contributed by atoms with van der Waals surface area (Å²) in [4.78, 5) is 31.3. The number of rotatable bonds is 9. The zero-order valence-corrected chi connectivity index (χ0v) is 17.1. The number of carboxylic acids is 2. The minimum atomic E-state index is -5.08. The fourth-order valence-electron chi connectivity index (χ4n) is 1.62. The van der Waals surface area contributed by atoms with Gasteiger partial charge in [0.15, 0.2) is 0 Å². The Bertz CT molecular complexity index is 674. The molecular weight excluding hydrogens is 443 g/mol. The van der Waals surface area contributed by atoms with Crippen molar-refractivity contribution < 1.29 is 37.8 Å². The summed E-state index contributed by atoms with van der Waals surface area (Å²) in [5, 5.41) is 19.1. The van der Waals surface area contributed by atoms with Crippen LogP contribution in [0.5, 0.6) is 0 Å². The lowest BCUT2D eigenvalue weighted by molar-refractivity contribution is -0.192. The van der Waals surface area contributed by atoms with Gasteiger partial charge in [0.05, 0.1) is 6.42 Å². The highest BCUT2D eigenvalue weighted by molar-refractivity contribution is 8.76. The average molecular weight is 462 g/mol. The third-order valence-corrected chi connectivity index (χ3v) is 5.53. The summed E-state index contributed by atoms with van der Waals surface area (Å²) in [5.41, 5.74) is 1.59. The minimum Gasteiger partial charge on any atom is -0.481 e. The van der Waals surface area contributed by atoms with Gasteiger partial charge in [-0.05, 0) is 30.2 Å². The maximum absolute atomic E-state index is 12.1. The molecule has 0 radical (unpaired) electrons. The van der Waals surface area contributed by atoms with Gasteiger partial charge in [0.1, 0.15) is 0 Å². The Morgan fingerprint density at radius 1 is 1.14 bits per heavy atom. The zero-order chi connectivity index (χ0) is 21.7. The van der Waals surface area contributed by atoms with Crippen molar-refractivity contribution in [3.05, 3.63) is 34.3 Å². The molecule has 0 heterocycles. The van der Waals surface area contributed by atoms with E-state index in [2.05, 4.69) is 5.32 Å². The van der Waals surface area contributed by atoms with Crippen LogP contribution in [0.25, 0.3) is 0 Å². The highest BCUT2D eigenvalue weighted by Gasteiger charge is 2.38. The molecule has 6 nitrogen and oxygen atoms in total. The first kappa shape index (κ1) is 26.4. The van der Waals surface area contributed by atoms with Gasteiger partial charge in [-0.1, -0.05) is 40.1 Å². The Morgan fingerprint density at radius 3 is 2.21 bits per heavy atom. The topological polar surface area (TPSA) is 104 Å². The number of benzene rings is 1. The van der Waals surface area contributed by atoms with Crippen LogP contribution in [0.15, 0.2) is 18.2 Å². The summed E-state index contributed by atoms with van der Waals surface area (Å²) >= 11 is 5.92. The lowest BCUT2D eigenvalue weighted by Gasteiger charge is -2.09. The van der Waals surface area contributed by atoms with Crippen LogP contribution in [0.3, 0.4) is 0 Å². The first-order valence-corrected chi connectivity index (χ1v) is 10.7. The van der Waals surface area contributed by atoms with Crippen LogP contribution in [0, 0.1) is 0 Å². The Labute approximate surface area is 172 Å². The Hall–Kier alpha value is -1.59. The molecule has 0 aromatic heterocycles. The van der Waals surface area contributed by atoms with E-state index < -0.39 is 18.1 Å². The third kappa shape index (κ3) is 12.0. The standard InChI is InChI=1S/C14H18ClNO3S2.C2HF3O2/c1-2-10-9-11(15)3-4-12(10)14(19)16-6-8-21-20-7-5-13(17)18;3-2(4,5)1(6)7/h3-4,9H,2,5-8H2,1H3,(H,16,19)(H,17,18);(H,6,7). The molecule has 158 valence electrons. The van der Waals surface area contributed by atoms with Crippen molar-refractivity contribution in [1.29, 1.82) is 0 Å². The molecule has 1 aromatic carbocycles. The second-order valence-electron chi connectivity index (χ2n) is 5.00. The summed E-state index contributed by atoms with van der Waals surface area (Å²) in [6.07, 6.45) is -4.17. The molecule has 0 saturated carbocycles. The van der Waals surface area contributed by atoms with Gasteiger partial charge in [0.2, 0.25) is 0 Å². The van der Waals surface area contributed by atoms with Crippen molar-refractivity contribution in [3.63, 3.8) is 0 Å². The summed E-state index contributed by atoms with van der Waals surface area (Å²) < 4.78 is 31.7. The average Bonchev–Trinajstić information content (AvgIpc) is 2.59. The van der Waals surface area contributed by atoms with E-state index in [-0.39, 0.29) is 12.3 Å². The van der Waals surface area contributed by atoms with E-state index in [4.69, 9.17) is 26.6 Å². The Morgan fingerprint density at radius 2 is 1.71 bits per heavy atom. The van der Waals surface area contributed by atoms with E-state index >= 15 is 0 Å². The van der Waals surface area contributed by atoms with Gasteiger partial charge in [-0.2, -0.15) is 13.2 Å². The van der Waals surface area contributed by atoms with E-state index in [1.165, 1.54) is 10.8 Å². The summed E-state index contributed by atoms with van der Waals surface area (Å²) in [6, 6.07) is 5.27. The van der Waals surface area contributed by atoms with Crippen molar-refractivity contribution >= 4 is 51.0 Å². The molecule has 0 spiro atoms. The number of aliphatic carboxylic acids is 2. The van der Waals surface area contributed by atoms with Crippen molar-refractivity contribution in [2.75, 3.05) is 18.1 Å². The largest absolute Gasteiger partial charge is 0.490 e. The highest BCUT2D eigenvalue weighted by Crippen LogP contribution is 2.21. The van der Waals surface area contributed by atoms with E-state index in [0.717, 1.165) is 17.7 Å². The molecule has 0 unspecified atom stereocenters. The molecule has 0 bridgehead atoms. The quantitative estimate of drug-likeness (QED) is 0.375. The SMILES string of the molecule is CCc1cc(Cl)ccc1C(=O)NCCSSCCC(=O)O.O=C(O)C(F)(F)F. The van der Waals surface area contributed by atoms with Crippen LogP contribution >= 0.6 is 33.2 Å². The van der Waals surface area contributed by atoms with Crippen LogP contribution in [0.2, 0.25) is 5.02 Å². The Kier molecular flexibility index (Phi) is 12.8. The maximum Gasteiger partial charge on any atom is 0.490 e. The molecule has 0 aliphatic carbocycles. The normalized spacial score (nSPS) is 10.6. The second kappa shape index (κ2) is 13.6. The molecule has 0 saturated heterocycles. The van der Waals surface area contributed by atoms with Gasteiger partial charge in [-0.15, -0.1) is 0 Å². The molecule has 0 aliphatic rings. The smallest absolute Gasteiger partial charge is 0.481 e. The number of carboxylic acid groups (broad SMARTS) is 2. The number of carbonyl (C=O) groups excluding carboxylic acids is 1. The molecule has 12 heteroatoms. The number of amides is 1. The molecule has 3 N–H and O–H groups in total. The Balaban J connectivity index is 0.000000887. The minimum absolute atomic E-state index is 0.0975. The summed E-state index contributed by atoms with van der Waals surface area (Å²) in [6.45, 7) is 2.53. The van der Waals surface area contributed by atoms with Crippen molar-refractivity contribution in [2.45, 2.75) is 25.9 Å². The molecule has 1 aromatic rings. The van der Waals surface area contributed by atoms with Gasteiger partial charge in [0, 0.05) is 28.6 Å². The summed E-state index contributed by atoms with van der Waals surface area (Å²) in [5.74, 6) is -2.32. The molecule has 28 heavy (non-hydrogen) atoms. The highest BCUT2D eigenvalue weighted by atomic mass is 35.5. The van der Waals surface area contributed by atoms with Crippen LogP contribution in [-0.4, -0.2) is 52.3 Å². The van der Waals surface area contributed by atoms with Gasteiger partial charge >= 0.3 is 18.1 Å². The van der Waals surface area contributed by atoms with Crippen LogP contribution in [0.4, 0.5) is 13.2 Å². The first-order chi connectivity index (χ1) is 13.0. The number of carbonyl (C=O) groups is 3. The predicted molar refractivity (Wildman–Crippen MR) is 104 cm³/mol. The molecule has 1 amide bonds. The van der Waals surface area contributed by atoms with Crippen molar-refractivity contribution in [3.8, 4) is 0 Å².